The van der Waals surface area contributed by atoms with Gasteiger partial charge in [0.1, 0.15) is 11.5 Å². The molecule has 0 bridgehead atoms. The third-order valence-electron chi connectivity index (χ3n) is 3.97. The minimum atomic E-state index is -3.01. The largest absolute Gasteiger partial charge is 0.493 e. The number of methoxy groups -OCH3 is 1. The second-order valence-corrected chi connectivity index (χ2v) is 6.08. The number of furan rings is 1. The number of rotatable bonds is 8. The van der Waals surface area contributed by atoms with Gasteiger partial charge in [-0.1, -0.05) is 0 Å². The van der Waals surface area contributed by atoms with Crippen LogP contribution in [0.5, 0.6) is 11.5 Å². The Hall–Kier alpha value is -3.10. The summed E-state index contributed by atoms with van der Waals surface area (Å²) in [6, 6.07) is 5.31. The van der Waals surface area contributed by atoms with E-state index in [9.17, 15) is 18.4 Å². The Morgan fingerprint density at radius 2 is 1.89 bits per heavy atom. The fourth-order valence-electron chi connectivity index (χ4n) is 2.72. The van der Waals surface area contributed by atoms with Gasteiger partial charge < -0.3 is 24.5 Å². The van der Waals surface area contributed by atoms with E-state index in [1.165, 1.54) is 25.3 Å². The van der Waals surface area contributed by atoms with Crippen LogP contribution >= 0.6 is 0 Å². The lowest BCUT2D eigenvalue weighted by molar-refractivity contribution is -0.120. The Bertz CT molecular complexity index is 851. The van der Waals surface area contributed by atoms with Gasteiger partial charge in [0, 0.05) is 11.1 Å². The van der Waals surface area contributed by atoms with E-state index >= 15 is 0 Å². The SMILES string of the molecule is COc1cc(C(=O)NCC(=O)NC(C)c2cc(C)oc2C)ccc1OC(F)F. The third kappa shape index (κ3) is 5.45. The van der Waals surface area contributed by atoms with Crippen molar-refractivity contribution >= 4 is 11.8 Å². The molecule has 1 heterocycles. The number of alkyl halides is 2. The Labute approximate surface area is 161 Å². The molecule has 2 N–H and O–H groups in total. The molecule has 0 radical (unpaired) electrons. The van der Waals surface area contributed by atoms with E-state index in [0.29, 0.717) is 5.76 Å². The molecule has 2 aromatic rings. The fourth-order valence-corrected chi connectivity index (χ4v) is 2.72. The number of halogens is 2. The second kappa shape index (κ2) is 9.20. The lowest BCUT2D eigenvalue weighted by atomic mass is 10.1. The highest BCUT2D eigenvalue weighted by molar-refractivity contribution is 5.97. The van der Waals surface area contributed by atoms with Crippen LogP contribution in [0.3, 0.4) is 0 Å². The molecular formula is C19H22F2N2O5. The van der Waals surface area contributed by atoms with E-state index in [1.807, 2.05) is 26.8 Å². The molecule has 0 saturated heterocycles. The van der Waals surface area contributed by atoms with Crippen molar-refractivity contribution in [2.45, 2.75) is 33.4 Å². The Morgan fingerprint density at radius 1 is 1.18 bits per heavy atom. The number of nitrogens with one attached hydrogen (secondary N) is 2. The molecule has 7 nitrogen and oxygen atoms in total. The predicted molar refractivity (Wildman–Crippen MR) is 96.7 cm³/mol. The van der Waals surface area contributed by atoms with Gasteiger partial charge in [-0.15, -0.1) is 0 Å². The lowest BCUT2D eigenvalue weighted by Gasteiger charge is -2.14. The van der Waals surface area contributed by atoms with Gasteiger partial charge in [0.25, 0.3) is 5.91 Å². The molecule has 0 fully saturated rings. The average molecular weight is 396 g/mol. The third-order valence-corrected chi connectivity index (χ3v) is 3.97. The normalized spacial score (nSPS) is 11.8. The van der Waals surface area contributed by atoms with Crippen molar-refractivity contribution in [3.05, 3.63) is 46.9 Å². The van der Waals surface area contributed by atoms with Crippen LogP contribution in [0, 0.1) is 13.8 Å². The average Bonchev–Trinajstić information content (AvgIpc) is 2.97. The van der Waals surface area contributed by atoms with E-state index in [0.717, 1.165) is 11.3 Å². The van der Waals surface area contributed by atoms with Crippen molar-refractivity contribution in [3.8, 4) is 11.5 Å². The molecule has 0 saturated carbocycles. The number of hydrogen-bond donors (Lipinski definition) is 2. The topological polar surface area (TPSA) is 89.8 Å². The van der Waals surface area contributed by atoms with Gasteiger partial charge >= 0.3 is 6.61 Å². The minimum Gasteiger partial charge on any atom is -0.493 e. The van der Waals surface area contributed by atoms with Crippen LogP contribution < -0.4 is 20.1 Å². The first kappa shape index (κ1) is 21.2. The van der Waals surface area contributed by atoms with Gasteiger partial charge in [0.05, 0.1) is 19.7 Å². The monoisotopic (exact) mass is 396 g/mol. The number of aryl methyl sites for hydroxylation is 2. The number of benzene rings is 1. The Balaban J connectivity index is 1.94. The van der Waals surface area contributed by atoms with E-state index in [2.05, 4.69) is 15.4 Å². The van der Waals surface area contributed by atoms with Crippen molar-refractivity contribution in [2.24, 2.45) is 0 Å². The van der Waals surface area contributed by atoms with Crippen molar-refractivity contribution in [2.75, 3.05) is 13.7 Å². The van der Waals surface area contributed by atoms with Crippen molar-refractivity contribution in [1.29, 1.82) is 0 Å². The number of amides is 2. The van der Waals surface area contributed by atoms with Crippen molar-refractivity contribution in [1.82, 2.24) is 10.6 Å². The zero-order valence-corrected chi connectivity index (χ0v) is 16.0. The van der Waals surface area contributed by atoms with Crippen LogP contribution in [0.25, 0.3) is 0 Å². The summed E-state index contributed by atoms with van der Waals surface area (Å²) in [7, 11) is 1.27. The van der Waals surface area contributed by atoms with Crippen LogP contribution in [-0.4, -0.2) is 32.1 Å². The molecule has 1 atom stereocenters. The Kier molecular flexibility index (Phi) is 6.97. The quantitative estimate of drug-likeness (QED) is 0.716. The standard InChI is InChI=1S/C19H22F2N2O5/c1-10-7-14(12(3)27-10)11(2)23-17(24)9-22-18(25)13-5-6-15(28-19(20)21)16(8-13)26-4/h5-8,11,19H,9H2,1-4H3,(H,22,25)(H,23,24). The first-order valence-corrected chi connectivity index (χ1v) is 8.48. The number of carbonyl (C=O) groups excluding carboxylic acids is 2. The summed E-state index contributed by atoms with van der Waals surface area (Å²) >= 11 is 0. The molecule has 152 valence electrons. The smallest absolute Gasteiger partial charge is 0.387 e. The van der Waals surface area contributed by atoms with Crippen LogP contribution in [0.4, 0.5) is 8.78 Å². The zero-order valence-electron chi connectivity index (χ0n) is 16.0. The molecule has 0 spiro atoms. The molecule has 1 aromatic heterocycles. The molecule has 1 aromatic carbocycles. The van der Waals surface area contributed by atoms with E-state index in [4.69, 9.17) is 9.15 Å². The highest BCUT2D eigenvalue weighted by Crippen LogP contribution is 2.29. The number of ether oxygens (including phenoxy) is 2. The molecular weight excluding hydrogens is 374 g/mol. The van der Waals surface area contributed by atoms with Gasteiger partial charge in [-0.05, 0) is 45.0 Å². The van der Waals surface area contributed by atoms with Crippen LogP contribution in [0.1, 0.15) is 40.4 Å². The molecule has 2 amide bonds. The summed E-state index contributed by atoms with van der Waals surface area (Å²) < 4.78 is 39.4. The van der Waals surface area contributed by atoms with Gasteiger partial charge in [0.2, 0.25) is 5.91 Å². The summed E-state index contributed by atoms with van der Waals surface area (Å²) in [6.45, 7) is 2.17. The van der Waals surface area contributed by atoms with Gasteiger partial charge in [-0.25, -0.2) is 0 Å². The second-order valence-electron chi connectivity index (χ2n) is 6.08. The molecule has 1 unspecified atom stereocenters. The highest BCUT2D eigenvalue weighted by atomic mass is 19.3. The van der Waals surface area contributed by atoms with Gasteiger partial charge in [-0.3, -0.25) is 9.59 Å². The van der Waals surface area contributed by atoms with Crippen molar-refractivity contribution in [3.63, 3.8) is 0 Å². The van der Waals surface area contributed by atoms with E-state index in [-0.39, 0.29) is 35.6 Å². The lowest BCUT2D eigenvalue weighted by Crippen LogP contribution is -2.38. The first-order valence-electron chi connectivity index (χ1n) is 8.48. The first-order chi connectivity index (χ1) is 13.2. The fraction of sp³-hybridized carbons (Fsp3) is 0.368. The maximum atomic E-state index is 12.4. The number of hydrogen-bond acceptors (Lipinski definition) is 5. The van der Waals surface area contributed by atoms with Gasteiger partial charge in [0.15, 0.2) is 11.5 Å². The molecule has 0 aliphatic rings. The molecule has 28 heavy (non-hydrogen) atoms. The summed E-state index contributed by atoms with van der Waals surface area (Å²) in [5.41, 5.74) is 0.997. The molecule has 0 aliphatic heterocycles. The van der Waals surface area contributed by atoms with Crippen LogP contribution in [-0.2, 0) is 4.79 Å². The maximum Gasteiger partial charge on any atom is 0.387 e. The van der Waals surface area contributed by atoms with Gasteiger partial charge in [-0.2, -0.15) is 8.78 Å². The molecule has 2 rings (SSSR count). The highest BCUT2D eigenvalue weighted by Gasteiger charge is 2.17. The zero-order chi connectivity index (χ0) is 20.8. The Morgan fingerprint density at radius 3 is 2.46 bits per heavy atom. The predicted octanol–water partition coefficient (Wildman–Crippen LogP) is 3.11. The maximum absolute atomic E-state index is 12.4. The van der Waals surface area contributed by atoms with Crippen LogP contribution in [0.2, 0.25) is 0 Å². The summed E-state index contributed by atoms with van der Waals surface area (Å²) in [5.74, 6) is 0.314. The summed E-state index contributed by atoms with van der Waals surface area (Å²) in [5, 5.41) is 5.24. The molecule has 9 heteroatoms. The number of carbonyl (C=O) groups is 2. The summed E-state index contributed by atoms with van der Waals surface area (Å²) in [4.78, 5) is 24.3. The minimum absolute atomic E-state index is 0.0168. The van der Waals surface area contributed by atoms with Crippen molar-refractivity contribution < 1.29 is 32.3 Å². The van der Waals surface area contributed by atoms with Crippen LogP contribution in [0.15, 0.2) is 28.7 Å². The van der Waals surface area contributed by atoms with E-state index in [1.54, 1.807) is 0 Å². The molecule has 0 aliphatic carbocycles. The van der Waals surface area contributed by atoms with E-state index < -0.39 is 12.5 Å². The summed E-state index contributed by atoms with van der Waals surface area (Å²) in [6.07, 6.45) is 0.